The lowest BCUT2D eigenvalue weighted by Gasteiger charge is -2.44. The normalized spacial score (nSPS) is 28.4. The van der Waals surface area contributed by atoms with Crippen LogP contribution in [-0.4, -0.2) is 23.6 Å². The highest BCUT2D eigenvalue weighted by atomic mass is 32.1. The van der Waals surface area contributed by atoms with Crippen LogP contribution in [0.5, 0.6) is 0 Å². The van der Waals surface area contributed by atoms with E-state index in [0.717, 1.165) is 0 Å². The summed E-state index contributed by atoms with van der Waals surface area (Å²) in [5.74, 6) is -0.155. The summed E-state index contributed by atoms with van der Waals surface area (Å²) in [6.07, 6.45) is -4.28. The molecule has 0 saturated heterocycles. The van der Waals surface area contributed by atoms with Crippen LogP contribution >= 0.6 is 12.2 Å². The van der Waals surface area contributed by atoms with E-state index >= 15 is 0 Å². The third-order valence-electron chi connectivity index (χ3n) is 2.99. The molecule has 17 heavy (non-hydrogen) atoms. The van der Waals surface area contributed by atoms with Crippen LogP contribution in [0.3, 0.4) is 0 Å². The van der Waals surface area contributed by atoms with E-state index in [1.165, 1.54) is 0 Å². The van der Waals surface area contributed by atoms with Gasteiger partial charge in [0.25, 0.3) is 0 Å². The third kappa shape index (κ3) is 3.31. The van der Waals surface area contributed by atoms with Gasteiger partial charge < -0.3 is 11.1 Å². The maximum atomic E-state index is 11.9. The highest BCUT2D eigenvalue weighted by molar-refractivity contribution is 7.80. The number of amides is 1. The first-order valence-electron chi connectivity index (χ1n) is 5.32. The second-order valence-corrected chi connectivity index (χ2v) is 5.02. The molecule has 1 fully saturated rings. The molecular formula is C10H15F3N2OS. The first-order chi connectivity index (χ1) is 7.67. The largest absolute Gasteiger partial charge is 0.392 e. The molecule has 3 N–H and O–H groups in total. The summed E-state index contributed by atoms with van der Waals surface area (Å²) in [5, 5.41) is 2.26. The van der Waals surface area contributed by atoms with Gasteiger partial charge in [-0.2, -0.15) is 13.2 Å². The van der Waals surface area contributed by atoms with Crippen LogP contribution in [0.4, 0.5) is 13.2 Å². The highest BCUT2D eigenvalue weighted by Gasteiger charge is 2.50. The molecule has 98 valence electrons. The van der Waals surface area contributed by atoms with Crippen molar-refractivity contribution in [2.24, 2.45) is 17.1 Å². The van der Waals surface area contributed by atoms with E-state index in [0.29, 0.717) is 18.8 Å². The maximum absolute atomic E-state index is 11.9. The van der Waals surface area contributed by atoms with E-state index in [1.54, 1.807) is 0 Å². The third-order valence-corrected chi connectivity index (χ3v) is 3.38. The molecule has 1 aliphatic rings. The van der Waals surface area contributed by atoms with E-state index in [4.69, 9.17) is 18.0 Å². The smallest absolute Gasteiger partial charge is 0.390 e. The summed E-state index contributed by atoms with van der Waals surface area (Å²) in [6, 6.07) is 0. The standard InChI is InChI=1S/C10H15F3N2OS/c1-6-4-9(5-6,7(14)17)8(16)15-3-2-10(11,12)13/h6H,2-5H2,1H3,(H2,14,17)(H,15,16). The predicted octanol–water partition coefficient (Wildman–Crippen LogP) is 1.76. The van der Waals surface area contributed by atoms with Gasteiger partial charge in [0, 0.05) is 6.54 Å². The molecule has 3 nitrogen and oxygen atoms in total. The molecule has 0 aliphatic heterocycles. The fourth-order valence-electron chi connectivity index (χ4n) is 2.12. The van der Waals surface area contributed by atoms with Crippen LogP contribution in [0.25, 0.3) is 0 Å². The monoisotopic (exact) mass is 268 g/mol. The number of carbonyl (C=O) groups is 1. The molecule has 0 heterocycles. The van der Waals surface area contributed by atoms with E-state index in [-0.39, 0.29) is 4.99 Å². The second-order valence-electron chi connectivity index (χ2n) is 4.58. The minimum absolute atomic E-state index is 0.0695. The van der Waals surface area contributed by atoms with Crippen LogP contribution in [0, 0.1) is 11.3 Å². The van der Waals surface area contributed by atoms with Gasteiger partial charge in [-0.25, -0.2) is 0 Å². The molecule has 1 aliphatic carbocycles. The molecule has 0 radical (unpaired) electrons. The van der Waals surface area contributed by atoms with Crippen molar-refractivity contribution < 1.29 is 18.0 Å². The zero-order chi connectivity index (χ0) is 13.3. The van der Waals surface area contributed by atoms with Crippen molar-refractivity contribution in [1.29, 1.82) is 0 Å². The Bertz CT molecular complexity index is 324. The van der Waals surface area contributed by atoms with E-state index < -0.39 is 30.5 Å². The number of carbonyl (C=O) groups excluding carboxylic acids is 1. The van der Waals surface area contributed by atoms with Crippen LogP contribution in [0.2, 0.25) is 0 Å². The molecule has 1 saturated carbocycles. The molecule has 0 aromatic rings. The zero-order valence-electron chi connectivity index (χ0n) is 9.43. The Labute approximate surface area is 103 Å². The minimum Gasteiger partial charge on any atom is -0.392 e. The Morgan fingerprint density at radius 1 is 1.53 bits per heavy atom. The average molecular weight is 268 g/mol. The van der Waals surface area contributed by atoms with Gasteiger partial charge in [-0.1, -0.05) is 19.1 Å². The number of hydrogen-bond donors (Lipinski definition) is 2. The molecule has 0 spiro atoms. The van der Waals surface area contributed by atoms with Crippen molar-refractivity contribution >= 4 is 23.1 Å². The van der Waals surface area contributed by atoms with Gasteiger partial charge in [0.1, 0.15) is 0 Å². The van der Waals surface area contributed by atoms with Crippen molar-refractivity contribution in [3.05, 3.63) is 0 Å². The Hall–Kier alpha value is -0.850. The van der Waals surface area contributed by atoms with Crippen molar-refractivity contribution in [1.82, 2.24) is 5.32 Å². The fourth-order valence-corrected chi connectivity index (χ4v) is 2.37. The first kappa shape index (κ1) is 14.2. The maximum Gasteiger partial charge on any atom is 0.390 e. The van der Waals surface area contributed by atoms with Gasteiger partial charge in [0.2, 0.25) is 5.91 Å². The van der Waals surface area contributed by atoms with Crippen LogP contribution in [0.15, 0.2) is 0 Å². The van der Waals surface area contributed by atoms with Gasteiger partial charge in [-0.15, -0.1) is 0 Å². The molecule has 7 heteroatoms. The van der Waals surface area contributed by atoms with Gasteiger partial charge in [-0.05, 0) is 18.8 Å². The molecule has 0 aromatic heterocycles. The van der Waals surface area contributed by atoms with E-state index in [2.05, 4.69) is 5.32 Å². The van der Waals surface area contributed by atoms with Crippen LogP contribution in [0.1, 0.15) is 26.2 Å². The Balaban J connectivity index is 2.49. The summed E-state index contributed by atoms with van der Waals surface area (Å²) in [5.41, 5.74) is 4.57. The first-order valence-corrected chi connectivity index (χ1v) is 5.73. The van der Waals surface area contributed by atoms with Crippen molar-refractivity contribution in [2.45, 2.75) is 32.4 Å². The van der Waals surface area contributed by atoms with Crippen molar-refractivity contribution in [2.75, 3.05) is 6.54 Å². The summed E-state index contributed by atoms with van der Waals surface area (Å²) in [4.78, 5) is 11.8. The molecule has 0 unspecified atom stereocenters. The SMILES string of the molecule is CC1CC(C(=O)NCCC(F)(F)F)(C(N)=S)C1. The average Bonchev–Trinajstić information content (AvgIpc) is 2.09. The number of halogens is 3. The highest BCUT2D eigenvalue weighted by Crippen LogP contribution is 2.45. The summed E-state index contributed by atoms with van der Waals surface area (Å²) >= 11 is 4.83. The zero-order valence-corrected chi connectivity index (χ0v) is 10.3. The number of rotatable bonds is 4. The van der Waals surface area contributed by atoms with Crippen LogP contribution < -0.4 is 11.1 Å². The fraction of sp³-hybridized carbons (Fsp3) is 0.800. The van der Waals surface area contributed by atoms with Gasteiger partial charge in [0.15, 0.2) is 0 Å². The van der Waals surface area contributed by atoms with Gasteiger partial charge in [-0.3, -0.25) is 4.79 Å². The molecular weight excluding hydrogens is 253 g/mol. The van der Waals surface area contributed by atoms with Gasteiger partial charge in [0.05, 0.1) is 16.8 Å². The molecule has 0 atom stereocenters. The second kappa shape index (κ2) is 4.80. The van der Waals surface area contributed by atoms with Gasteiger partial charge >= 0.3 is 6.18 Å². The van der Waals surface area contributed by atoms with Crippen LogP contribution in [-0.2, 0) is 4.79 Å². The molecule has 1 rings (SSSR count). The summed E-state index contributed by atoms with van der Waals surface area (Å²) in [7, 11) is 0. The lowest BCUT2D eigenvalue weighted by atomic mass is 9.62. The number of hydrogen-bond acceptors (Lipinski definition) is 2. The molecule has 0 aromatic carbocycles. The Morgan fingerprint density at radius 3 is 2.41 bits per heavy atom. The summed E-state index contributed by atoms with van der Waals surface area (Å²) < 4.78 is 35.8. The molecule has 1 amide bonds. The number of nitrogens with one attached hydrogen (secondary N) is 1. The number of alkyl halides is 3. The Morgan fingerprint density at radius 2 is 2.06 bits per heavy atom. The number of nitrogens with two attached hydrogens (primary N) is 1. The van der Waals surface area contributed by atoms with Crippen molar-refractivity contribution in [3.8, 4) is 0 Å². The predicted molar refractivity (Wildman–Crippen MR) is 61.3 cm³/mol. The lowest BCUT2D eigenvalue weighted by Crippen LogP contribution is -2.56. The lowest BCUT2D eigenvalue weighted by molar-refractivity contribution is -0.139. The van der Waals surface area contributed by atoms with E-state index in [9.17, 15) is 18.0 Å². The van der Waals surface area contributed by atoms with E-state index in [1.807, 2.05) is 6.92 Å². The summed E-state index contributed by atoms with van der Waals surface area (Å²) in [6.45, 7) is 1.51. The minimum atomic E-state index is -4.27. The number of thiocarbonyl (C=S) groups is 1. The Kier molecular flexibility index (Phi) is 4.01. The van der Waals surface area contributed by atoms with Crippen molar-refractivity contribution in [3.63, 3.8) is 0 Å². The topological polar surface area (TPSA) is 55.1 Å². The molecule has 0 bridgehead atoms. The quantitative estimate of drug-likeness (QED) is 0.764.